The Balaban J connectivity index is 1.96. The third-order valence-electron chi connectivity index (χ3n) is 5.25. The van der Waals surface area contributed by atoms with Gasteiger partial charge < -0.3 is 24.8 Å². The van der Waals surface area contributed by atoms with Gasteiger partial charge in [0.2, 0.25) is 5.91 Å². The Labute approximate surface area is 182 Å². The largest absolute Gasteiger partial charge is 0.382 e. The molecule has 7 heteroatoms. The molecule has 168 valence electrons. The Morgan fingerprint density at radius 1 is 1.13 bits per heavy atom. The molecule has 1 aromatic carbocycles. The number of nitrogens with zero attached hydrogens (tertiary/aromatic N) is 4. The predicted molar refractivity (Wildman–Crippen MR) is 124 cm³/mol. The van der Waals surface area contributed by atoms with Gasteiger partial charge in [0, 0.05) is 66.2 Å². The van der Waals surface area contributed by atoms with E-state index in [1.54, 1.807) is 19.0 Å². The van der Waals surface area contributed by atoms with Crippen molar-refractivity contribution in [1.29, 1.82) is 0 Å². The van der Waals surface area contributed by atoms with Crippen molar-refractivity contribution >= 4 is 17.6 Å². The maximum absolute atomic E-state index is 12.0. The van der Waals surface area contributed by atoms with Crippen LogP contribution in [0.4, 0.5) is 5.69 Å². The average Bonchev–Trinajstić information content (AvgIpc) is 2.76. The van der Waals surface area contributed by atoms with Gasteiger partial charge in [-0.05, 0) is 50.3 Å². The lowest BCUT2D eigenvalue weighted by Gasteiger charge is -2.29. The number of guanidine groups is 1. The molecule has 1 heterocycles. The lowest BCUT2D eigenvalue weighted by Crippen LogP contribution is -2.40. The molecule has 0 radical (unpaired) electrons. The highest BCUT2D eigenvalue weighted by molar-refractivity contribution is 5.84. The Morgan fingerprint density at radius 2 is 1.83 bits per heavy atom. The van der Waals surface area contributed by atoms with Gasteiger partial charge in [0.1, 0.15) is 6.54 Å². The van der Waals surface area contributed by atoms with Crippen molar-refractivity contribution in [3.05, 3.63) is 29.8 Å². The molecule has 0 aromatic heterocycles. The van der Waals surface area contributed by atoms with E-state index in [4.69, 9.17) is 4.74 Å². The number of anilines is 1. The third-order valence-corrected chi connectivity index (χ3v) is 5.25. The third kappa shape index (κ3) is 8.22. The SMILES string of the molecule is CCOCCCNC(=NCC(=O)N(C)C)N(C)Cc1ccc(N2CCCCC2)cc1. The van der Waals surface area contributed by atoms with E-state index in [1.165, 1.54) is 30.5 Å². The van der Waals surface area contributed by atoms with Crippen LogP contribution in [0.2, 0.25) is 0 Å². The van der Waals surface area contributed by atoms with Crippen molar-refractivity contribution in [1.82, 2.24) is 15.1 Å². The van der Waals surface area contributed by atoms with Crippen LogP contribution in [0, 0.1) is 0 Å². The summed E-state index contributed by atoms with van der Waals surface area (Å²) in [5, 5.41) is 3.37. The minimum absolute atomic E-state index is 0.0112. The number of ether oxygens (including phenoxy) is 1. The fourth-order valence-electron chi connectivity index (χ4n) is 3.43. The highest BCUT2D eigenvalue weighted by atomic mass is 16.5. The molecule has 1 N–H and O–H groups in total. The fourth-order valence-corrected chi connectivity index (χ4v) is 3.43. The summed E-state index contributed by atoms with van der Waals surface area (Å²) in [5.41, 5.74) is 2.53. The first kappa shape index (κ1) is 24.0. The zero-order valence-electron chi connectivity index (χ0n) is 19.2. The van der Waals surface area contributed by atoms with Crippen molar-refractivity contribution < 1.29 is 9.53 Å². The highest BCUT2D eigenvalue weighted by Gasteiger charge is 2.12. The molecule has 2 rings (SSSR count). The molecule has 0 saturated carbocycles. The fraction of sp³-hybridized carbons (Fsp3) is 0.652. The van der Waals surface area contributed by atoms with Gasteiger partial charge in [0.25, 0.3) is 0 Å². The Kier molecular flexibility index (Phi) is 10.5. The number of aliphatic imine (C=N–C) groups is 1. The normalized spacial score (nSPS) is 14.5. The monoisotopic (exact) mass is 417 g/mol. The van der Waals surface area contributed by atoms with Crippen LogP contribution in [-0.4, -0.2) is 82.2 Å². The highest BCUT2D eigenvalue weighted by Crippen LogP contribution is 2.20. The molecule has 0 spiro atoms. The molecule has 1 aliphatic heterocycles. The van der Waals surface area contributed by atoms with Crippen molar-refractivity contribution in [2.24, 2.45) is 4.99 Å². The smallest absolute Gasteiger partial charge is 0.243 e. The molecule has 7 nitrogen and oxygen atoms in total. The van der Waals surface area contributed by atoms with E-state index in [9.17, 15) is 4.79 Å². The second kappa shape index (κ2) is 13.1. The molecule has 0 unspecified atom stereocenters. The van der Waals surface area contributed by atoms with Gasteiger partial charge >= 0.3 is 0 Å². The molecule has 1 aliphatic rings. The summed E-state index contributed by atoms with van der Waals surface area (Å²) in [6, 6.07) is 8.82. The number of likely N-dealkylation sites (N-methyl/N-ethyl adjacent to an activating group) is 1. The summed E-state index contributed by atoms with van der Waals surface area (Å²) in [6.45, 7) is 7.38. The van der Waals surface area contributed by atoms with E-state index in [0.29, 0.717) is 0 Å². The van der Waals surface area contributed by atoms with Gasteiger partial charge in [0.15, 0.2) is 5.96 Å². The van der Waals surface area contributed by atoms with Crippen LogP contribution in [0.5, 0.6) is 0 Å². The van der Waals surface area contributed by atoms with Crippen molar-refractivity contribution in [3.8, 4) is 0 Å². The summed E-state index contributed by atoms with van der Waals surface area (Å²) in [4.78, 5) is 22.6. The maximum Gasteiger partial charge on any atom is 0.243 e. The molecule has 1 fully saturated rings. The van der Waals surface area contributed by atoms with Gasteiger partial charge in [-0.2, -0.15) is 0 Å². The Morgan fingerprint density at radius 3 is 2.47 bits per heavy atom. The second-order valence-electron chi connectivity index (χ2n) is 7.98. The Hall–Kier alpha value is -2.28. The van der Waals surface area contributed by atoms with E-state index in [0.717, 1.165) is 51.8 Å². The van der Waals surface area contributed by atoms with Crippen molar-refractivity contribution in [2.45, 2.75) is 39.2 Å². The van der Waals surface area contributed by atoms with Gasteiger partial charge in [-0.25, -0.2) is 4.99 Å². The number of rotatable bonds is 10. The number of hydrogen-bond donors (Lipinski definition) is 1. The van der Waals surface area contributed by atoms with Crippen molar-refractivity contribution in [2.75, 3.05) is 65.4 Å². The number of nitrogens with one attached hydrogen (secondary N) is 1. The predicted octanol–water partition coefficient (Wildman–Crippen LogP) is 2.57. The minimum atomic E-state index is -0.0112. The first-order valence-electron chi connectivity index (χ1n) is 11.1. The van der Waals surface area contributed by atoms with E-state index >= 15 is 0 Å². The molecule has 1 saturated heterocycles. The zero-order valence-corrected chi connectivity index (χ0v) is 19.2. The van der Waals surface area contributed by atoms with Crippen LogP contribution in [0.1, 0.15) is 38.2 Å². The number of hydrogen-bond acceptors (Lipinski definition) is 4. The standard InChI is InChI=1S/C23H39N5O2/c1-5-30-17-9-14-24-23(25-18-22(29)26(2)3)27(4)19-20-10-12-21(13-11-20)28-15-7-6-8-16-28/h10-13H,5-9,14-19H2,1-4H3,(H,24,25). The molecular formula is C23H39N5O2. The van der Waals surface area contributed by atoms with Crippen molar-refractivity contribution in [3.63, 3.8) is 0 Å². The first-order valence-corrected chi connectivity index (χ1v) is 11.1. The molecule has 0 atom stereocenters. The summed E-state index contributed by atoms with van der Waals surface area (Å²) in [7, 11) is 5.51. The lowest BCUT2D eigenvalue weighted by atomic mass is 10.1. The van der Waals surface area contributed by atoms with E-state index in [2.05, 4.69) is 44.4 Å². The first-order chi connectivity index (χ1) is 14.5. The number of piperidine rings is 1. The Bertz CT molecular complexity index is 654. The van der Waals surface area contributed by atoms with E-state index in [1.807, 2.05) is 14.0 Å². The molecule has 30 heavy (non-hydrogen) atoms. The zero-order chi connectivity index (χ0) is 21.8. The minimum Gasteiger partial charge on any atom is -0.382 e. The van der Waals surface area contributed by atoms with Crippen LogP contribution in [0.15, 0.2) is 29.3 Å². The van der Waals surface area contributed by atoms with Gasteiger partial charge in [-0.3, -0.25) is 4.79 Å². The van der Waals surface area contributed by atoms with Gasteiger partial charge in [-0.15, -0.1) is 0 Å². The molecule has 0 bridgehead atoms. The average molecular weight is 418 g/mol. The van der Waals surface area contributed by atoms with Crippen LogP contribution in [0.25, 0.3) is 0 Å². The molecule has 1 aromatic rings. The topological polar surface area (TPSA) is 60.4 Å². The quantitative estimate of drug-likeness (QED) is 0.360. The summed E-state index contributed by atoms with van der Waals surface area (Å²) in [5.74, 6) is 0.727. The summed E-state index contributed by atoms with van der Waals surface area (Å²) < 4.78 is 5.40. The van der Waals surface area contributed by atoms with E-state index < -0.39 is 0 Å². The lowest BCUT2D eigenvalue weighted by molar-refractivity contribution is -0.127. The molecule has 1 amide bonds. The second-order valence-corrected chi connectivity index (χ2v) is 7.98. The van der Waals surface area contributed by atoms with Crippen LogP contribution in [0.3, 0.4) is 0 Å². The van der Waals surface area contributed by atoms with E-state index in [-0.39, 0.29) is 12.5 Å². The molecular weight excluding hydrogens is 378 g/mol. The summed E-state index contributed by atoms with van der Waals surface area (Å²) in [6.07, 6.45) is 4.80. The van der Waals surface area contributed by atoms with Crippen LogP contribution >= 0.6 is 0 Å². The number of benzene rings is 1. The summed E-state index contributed by atoms with van der Waals surface area (Å²) >= 11 is 0. The number of carbonyl (C=O) groups is 1. The number of carbonyl (C=O) groups excluding carboxylic acids is 1. The van der Waals surface area contributed by atoms with Gasteiger partial charge in [0.05, 0.1) is 0 Å². The van der Waals surface area contributed by atoms with Crippen LogP contribution in [-0.2, 0) is 16.1 Å². The molecule has 0 aliphatic carbocycles. The van der Waals surface area contributed by atoms with Gasteiger partial charge in [-0.1, -0.05) is 12.1 Å². The number of amides is 1. The maximum atomic E-state index is 12.0. The van der Waals surface area contributed by atoms with Crippen LogP contribution < -0.4 is 10.2 Å².